The number of anilines is 1. The molecule has 0 aliphatic carbocycles. The van der Waals surface area contributed by atoms with Crippen molar-refractivity contribution in [2.75, 3.05) is 17.3 Å². The third-order valence-corrected chi connectivity index (χ3v) is 7.16. The smallest absolute Gasteiger partial charge is 0.262 e. The van der Waals surface area contributed by atoms with E-state index < -0.39 is 33.6 Å². The molecule has 4 rings (SSSR count). The van der Waals surface area contributed by atoms with Crippen LogP contribution in [0.3, 0.4) is 0 Å². The molecule has 1 aromatic heterocycles. The number of sulfone groups is 1. The minimum Gasteiger partial charge on any atom is -0.300 e. The van der Waals surface area contributed by atoms with E-state index in [-0.39, 0.29) is 23.3 Å². The highest BCUT2D eigenvalue weighted by Gasteiger charge is 2.43. The third kappa shape index (κ3) is 4.15. The minimum atomic E-state index is -3.43. The summed E-state index contributed by atoms with van der Waals surface area (Å²) in [5.74, 6) is -2.24. The normalized spacial score (nSPS) is 14.7. The fraction of sp³-hybridized carbons (Fsp3) is 0.273. The Labute approximate surface area is 189 Å². The molecule has 1 aliphatic heterocycles. The number of hydrogen-bond donors (Lipinski definition) is 1. The van der Waals surface area contributed by atoms with Crippen LogP contribution in [0.25, 0.3) is 10.2 Å². The van der Waals surface area contributed by atoms with E-state index in [1.54, 1.807) is 12.1 Å². The van der Waals surface area contributed by atoms with Crippen LogP contribution in [0.4, 0.5) is 5.13 Å². The molecule has 1 unspecified atom stereocenters. The Morgan fingerprint density at radius 1 is 1.12 bits per heavy atom. The molecule has 8 nitrogen and oxygen atoms in total. The standard InChI is InChI=1S/C22H21N3O5S2/c1-12-10-13(2)18-17(11-12)31-22(23-18)24-19(26)16(8-9-32(3,29)30)25-20(27)14-6-4-5-7-15(14)21(25)28/h4-7,10-11,16H,8-9H2,1-3H3,(H,23,24,26). The lowest BCUT2D eigenvalue weighted by Crippen LogP contribution is -2.48. The van der Waals surface area contributed by atoms with Gasteiger partial charge in [0.25, 0.3) is 11.8 Å². The summed E-state index contributed by atoms with van der Waals surface area (Å²) >= 11 is 1.28. The second kappa shape index (κ2) is 8.10. The summed E-state index contributed by atoms with van der Waals surface area (Å²) in [7, 11) is -3.43. The van der Waals surface area contributed by atoms with Crippen molar-refractivity contribution in [3.63, 3.8) is 0 Å². The highest BCUT2D eigenvalue weighted by Crippen LogP contribution is 2.31. The molecule has 166 valence electrons. The maximum atomic E-state index is 13.2. The molecule has 2 heterocycles. The van der Waals surface area contributed by atoms with Crippen LogP contribution in [0.1, 0.15) is 38.3 Å². The Hall–Kier alpha value is -3.11. The lowest BCUT2D eigenvalue weighted by Gasteiger charge is -2.24. The number of amides is 3. The van der Waals surface area contributed by atoms with Gasteiger partial charge in [-0.05, 0) is 49.6 Å². The van der Waals surface area contributed by atoms with Crippen LogP contribution in [0, 0.1) is 13.8 Å². The predicted molar refractivity (Wildman–Crippen MR) is 123 cm³/mol. The first kappa shape index (κ1) is 22.1. The summed E-state index contributed by atoms with van der Waals surface area (Å²) in [4.78, 5) is 44.4. The van der Waals surface area contributed by atoms with Crippen LogP contribution in [0.5, 0.6) is 0 Å². The van der Waals surface area contributed by atoms with Gasteiger partial charge in [-0.25, -0.2) is 13.4 Å². The van der Waals surface area contributed by atoms with Gasteiger partial charge in [0, 0.05) is 6.26 Å². The average molecular weight is 472 g/mol. The number of nitrogens with zero attached hydrogens (tertiary/aromatic N) is 2. The van der Waals surface area contributed by atoms with Gasteiger partial charge in [0.15, 0.2) is 5.13 Å². The van der Waals surface area contributed by atoms with Gasteiger partial charge in [-0.1, -0.05) is 29.5 Å². The maximum absolute atomic E-state index is 13.2. The van der Waals surface area contributed by atoms with Gasteiger partial charge in [0.05, 0.1) is 27.1 Å². The zero-order valence-corrected chi connectivity index (χ0v) is 19.3. The number of fused-ring (bicyclic) bond motifs is 2. The molecular formula is C22H21N3O5S2. The number of imide groups is 1. The van der Waals surface area contributed by atoms with E-state index in [9.17, 15) is 22.8 Å². The molecule has 32 heavy (non-hydrogen) atoms. The van der Waals surface area contributed by atoms with Gasteiger partial charge in [-0.3, -0.25) is 19.3 Å². The van der Waals surface area contributed by atoms with Crippen molar-refractivity contribution >= 4 is 54.2 Å². The topological polar surface area (TPSA) is 114 Å². The zero-order valence-electron chi connectivity index (χ0n) is 17.7. The highest BCUT2D eigenvalue weighted by atomic mass is 32.2. The summed E-state index contributed by atoms with van der Waals surface area (Å²) in [6.07, 6.45) is 0.835. The number of carbonyl (C=O) groups is 3. The van der Waals surface area contributed by atoms with Crippen LogP contribution in [0.2, 0.25) is 0 Å². The number of aryl methyl sites for hydroxylation is 2. The maximum Gasteiger partial charge on any atom is 0.262 e. The van der Waals surface area contributed by atoms with Gasteiger partial charge in [0.1, 0.15) is 15.9 Å². The molecule has 0 radical (unpaired) electrons. The van der Waals surface area contributed by atoms with Crippen molar-refractivity contribution in [3.05, 3.63) is 58.7 Å². The largest absolute Gasteiger partial charge is 0.300 e. The number of aromatic nitrogens is 1. The number of rotatable bonds is 6. The summed E-state index contributed by atoms with van der Waals surface area (Å²) in [5, 5.41) is 3.01. The Balaban J connectivity index is 1.66. The number of hydrogen-bond acceptors (Lipinski definition) is 7. The van der Waals surface area contributed by atoms with E-state index >= 15 is 0 Å². The Kier molecular flexibility index (Phi) is 5.59. The van der Waals surface area contributed by atoms with Gasteiger partial charge in [0.2, 0.25) is 5.91 Å². The summed E-state index contributed by atoms with van der Waals surface area (Å²) in [6.45, 7) is 3.89. The molecule has 1 N–H and O–H groups in total. The van der Waals surface area contributed by atoms with Crippen molar-refractivity contribution in [1.82, 2.24) is 9.88 Å². The van der Waals surface area contributed by atoms with Gasteiger partial charge < -0.3 is 5.32 Å². The molecule has 3 aromatic rings. The molecule has 0 bridgehead atoms. The fourth-order valence-electron chi connectivity index (χ4n) is 3.81. The molecule has 3 amide bonds. The molecule has 0 saturated heterocycles. The first-order valence-electron chi connectivity index (χ1n) is 9.88. The van der Waals surface area contributed by atoms with E-state index in [4.69, 9.17) is 0 Å². The zero-order chi connectivity index (χ0) is 23.2. The summed E-state index contributed by atoms with van der Waals surface area (Å²) in [5.41, 5.74) is 3.17. The Morgan fingerprint density at radius 3 is 2.34 bits per heavy atom. The second-order valence-corrected chi connectivity index (χ2v) is 11.2. The summed E-state index contributed by atoms with van der Waals surface area (Å²) < 4.78 is 24.4. The number of thiazole rings is 1. The van der Waals surface area contributed by atoms with Crippen LogP contribution < -0.4 is 5.32 Å². The first-order valence-corrected chi connectivity index (χ1v) is 12.8. The van der Waals surface area contributed by atoms with Crippen molar-refractivity contribution in [2.45, 2.75) is 26.3 Å². The fourth-order valence-corrected chi connectivity index (χ4v) is 5.50. The van der Waals surface area contributed by atoms with E-state index in [0.717, 1.165) is 32.5 Å². The Bertz CT molecular complexity index is 1340. The van der Waals surface area contributed by atoms with Crippen LogP contribution >= 0.6 is 11.3 Å². The minimum absolute atomic E-state index is 0.195. The van der Waals surface area contributed by atoms with E-state index in [2.05, 4.69) is 10.3 Å². The number of nitrogens with one attached hydrogen (secondary N) is 1. The van der Waals surface area contributed by atoms with E-state index in [0.29, 0.717) is 5.13 Å². The van der Waals surface area contributed by atoms with Crippen molar-refractivity contribution in [2.24, 2.45) is 0 Å². The van der Waals surface area contributed by atoms with Crippen molar-refractivity contribution in [1.29, 1.82) is 0 Å². The molecule has 1 atom stereocenters. The highest BCUT2D eigenvalue weighted by molar-refractivity contribution is 7.90. The van der Waals surface area contributed by atoms with Gasteiger partial charge in [-0.2, -0.15) is 0 Å². The molecular weight excluding hydrogens is 450 g/mol. The Morgan fingerprint density at radius 2 is 1.75 bits per heavy atom. The SMILES string of the molecule is Cc1cc(C)c2nc(NC(=O)C(CCS(C)(=O)=O)N3C(=O)c4ccccc4C3=O)sc2c1. The monoisotopic (exact) mass is 471 g/mol. The second-order valence-electron chi connectivity index (χ2n) is 7.90. The van der Waals surface area contributed by atoms with Gasteiger partial charge >= 0.3 is 0 Å². The lowest BCUT2D eigenvalue weighted by molar-refractivity contribution is -0.120. The first-order chi connectivity index (χ1) is 15.0. The number of benzene rings is 2. The average Bonchev–Trinajstić information content (AvgIpc) is 3.21. The molecule has 1 aliphatic rings. The molecule has 2 aromatic carbocycles. The van der Waals surface area contributed by atoms with Crippen LogP contribution in [0.15, 0.2) is 36.4 Å². The quantitative estimate of drug-likeness (QED) is 0.553. The van der Waals surface area contributed by atoms with Gasteiger partial charge in [-0.15, -0.1) is 0 Å². The van der Waals surface area contributed by atoms with Crippen molar-refractivity contribution in [3.8, 4) is 0 Å². The van der Waals surface area contributed by atoms with Crippen LogP contribution in [-0.4, -0.2) is 54.1 Å². The molecule has 10 heteroatoms. The molecule has 0 spiro atoms. The molecule has 0 fully saturated rings. The van der Waals surface area contributed by atoms with E-state index in [1.807, 2.05) is 26.0 Å². The van der Waals surface area contributed by atoms with E-state index in [1.165, 1.54) is 23.5 Å². The summed E-state index contributed by atoms with van der Waals surface area (Å²) in [6, 6.07) is 8.95. The van der Waals surface area contributed by atoms with Crippen molar-refractivity contribution < 1.29 is 22.8 Å². The third-order valence-electron chi connectivity index (χ3n) is 5.26. The predicted octanol–water partition coefficient (Wildman–Crippen LogP) is 2.95. The lowest BCUT2D eigenvalue weighted by atomic mass is 10.1. The van der Waals surface area contributed by atoms with Crippen LogP contribution in [-0.2, 0) is 14.6 Å². The number of carbonyl (C=O) groups excluding carboxylic acids is 3. The molecule has 0 saturated carbocycles.